The molecule has 2 aromatic rings. The molecule has 1 aromatic heterocycles. The van der Waals surface area contributed by atoms with Crippen molar-refractivity contribution in [1.82, 2.24) is 0 Å². The van der Waals surface area contributed by atoms with E-state index in [0.29, 0.717) is 17.8 Å². The third-order valence-corrected chi connectivity index (χ3v) is 3.45. The number of para-hydroxylation sites is 2. The zero-order valence-electron chi connectivity index (χ0n) is 10.8. The summed E-state index contributed by atoms with van der Waals surface area (Å²) in [6.07, 6.45) is -4.37. The van der Waals surface area contributed by atoms with Crippen LogP contribution >= 0.6 is 11.3 Å². The van der Waals surface area contributed by atoms with Crippen LogP contribution in [-0.4, -0.2) is 12.8 Å². The van der Waals surface area contributed by atoms with Gasteiger partial charge in [-0.2, -0.15) is 18.4 Å². The molecule has 1 N–H and O–H groups in total. The molecule has 0 aliphatic rings. The largest absolute Gasteiger partial charge is 0.482 e. The lowest BCUT2D eigenvalue weighted by atomic mass is 10.3. The summed E-state index contributed by atoms with van der Waals surface area (Å²) in [6.45, 7) is -0.915. The Morgan fingerprint density at radius 3 is 2.71 bits per heavy atom. The standard InChI is InChI=1S/C14H11F3N2OS/c15-14(16,17)9-20-13-4-2-1-3-12(13)19-7-11-5-10(6-18)8-21-11/h1-5,8,19H,7,9H2. The predicted molar refractivity (Wildman–Crippen MR) is 74.4 cm³/mol. The van der Waals surface area contributed by atoms with Crippen molar-refractivity contribution in [3.8, 4) is 11.8 Å². The number of nitriles is 1. The molecule has 1 heterocycles. The number of rotatable bonds is 5. The molecule has 0 bridgehead atoms. The number of alkyl halides is 3. The van der Waals surface area contributed by atoms with E-state index < -0.39 is 12.8 Å². The monoisotopic (exact) mass is 312 g/mol. The van der Waals surface area contributed by atoms with Crippen LogP contribution in [0.4, 0.5) is 18.9 Å². The Bertz CT molecular complexity index is 646. The van der Waals surface area contributed by atoms with E-state index in [0.717, 1.165) is 4.88 Å². The van der Waals surface area contributed by atoms with Crippen LogP contribution in [0, 0.1) is 11.3 Å². The topological polar surface area (TPSA) is 45.0 Å². The van der Waals surface area contributed by atoms with Crippen molar-refractivity contribution in [1.29, 1.82) is 5.26 Å². The highest BCUT2D eigenvalue weighted by Crippen LogP contribution is 2.27. The highest BCUT2D eigenvalue weighted by molar-refractivity contribution is 7.10. The zero-order chi connectivity index (χ0) is 15.3. The number of hydrogen-bond acceptors (Lipinski definition) is 4. The Balaban J connectivity index is 2.01. The van der Waals surface area contributed by atoms with Gasteiger partial charge in [-0.3, -0.25) is 0 Å². The van der Waals surface area contributed by atoms with Crippen molar-refractivity contribution < 1.29 is 17.9 Å². The van der Waals surface area contributed by atoms with E-state index in [2.05, 4.69) is 5.32 Å². The molecule has 0 aliphatic carbocycles. The van der Waals surface area contributed by atoms with E-state index in [4.69, 9.17) is 10.00 Å². The van der Waals surface area contributed by atoms with Gasteiger partial charge in [0.25, 0.3) is 0 Å². The Labute approximate surface area is 123 Å². The summed E-state index contributed by atoms with van der Waals surface area (Å²) in [5, 5.41) is 13.5. The van der Waals surface area contributed by atoms with Crippen LogP contribution < -0.4 is 10.1 Å². The predicted octanol–water partition coefficient (Wildman–Crippen LogP) is 4.17. The number of nitrogens with one attached hydrogen (secondary N) is 1. The number of halogens is 3. The molecule has 0 atom stereocenters. The van der Waals surface area contributed by atoms with Crippen LogP contribution in [0.1, 0.15) is 10.4 Å². The maximum atomic E-state index is 12.2. The second-order valence-electron chi connectivity index (χ2n) is 4.17. The smallest absolute Gasteiger partial charge is 0.422 e. The van der Waals surface area contributed by atoms with Gasteiger partial charge in [0.15, 0.2) is 6.61 Å². The van der Waals surface area contributed by atoms with Gasteiger partial charge in [0, 0.05) is 16.8 Å². The first-order valence-corrected chi connectivity index (χ1v) is 6.86. The molecule has 2 rings (SSSR count). The number of ether oxygens (including phenoxy) is 1. The molecule has 0 spiro atoms. The molecule has 7 heteroatoms. The van der Waals surface area contributed by atoms with Crippen molar-refractivity contribution in [3.05, 3.63) is 46.2 Å². The van der Waals surface area contributed by atoms with Gasteiger partial charge in [-0.25, -0.2) is 0 Å². The van der Waals surface area contributed by atoms with E-state index in [1.54, 1.807) is 29.6 Å². The maximum Gasteiger partial charge on any atom is 0.422 e. The fourth-order valence-corrected chi connectivity index (χ4v) is 2.36. The van der Waals surface area contributed by atoms with Crippen molar-refractivity contribution in [2.24, 2.45) is 0 Å². The summed E-state index contributed by atoms with van der Waals surface area (Å²) >= 11 is 1.41. The second kappa shape index (κ2) is 6.50. The van der Waals surface area contributed by atoms with Gasteiger partial charge in [0.05, 0.1) is 11.3 Å². The molecule has 0 saturated carbocycles. The van der Waals surface area contributed by atoms with E-state index in [9.17, 15) is 13.2 Å². The quantitative estimate of drug-likeness (QED) is 0.901. The summed E-state index contributed by atoms with van der Waals surface area (Å²) in [6, 6.07) is 10.2. The zero-order valence-corrected chi connectivity index (χ0v) is 11.6. The molecular formula is C14H11F3N2OS. The van der Waals surface area contributed by atoms with E-state index in [-0.39, 0.29) is 5.75 Å². The summed E-state index contributed by atoms with van der Waals surface area (Å²) < 4.78 is 41.4. The van der Waals surface area contributed by atoms with Gasteiger partial charge in [-0.05, 0) is 18.2 Å². The Kier molecular flexibility index (Phi) is 4.70. The molecule has 0 radical (unpaired) electrons. The van der Waals surface area contributed by atoms with Crippen LogP contribution in [0.15, 0.2) is 35.7 Å². The first-order valence-electron chi connectivity index (χ1n) is 5.98. The molecule has 3 nitrogen and oxygen atoms in total. The number of anilines is 1. The van der Waals surface area contributed by atoms with Crippen molar-refractivity contribution in [2.45, 2.75) is 12.7 Å². The van der Waals surface area contributed by atoms with E-state index in [1.807, 2.05) is 6.07 Å². The van der Waals surface area contributed by atoms with Crippen LogP contribution in [0.25, 0.3) is 0 Å². The van der Waals surface area contributed by atoms with Crippen LogP contribution in [0.2, 0.25) is 0 Å². The van der Waals surface area contributed by atoms with Crippen molar-refractivity contribution >= 4 is 17.0 Å². The van der Waals surface area contributed by atoms with Crippen molar-refractivity contribution in [2.75, 3.05) is 11.9 Å². The average Bonchev–Trinajstić information content (AvgIpc) is 2.91. The summed E-state index contributed by atoms with van der Waals surface area (Å²) in [5.74, 6) is 0.145. The molecule has 21 heavy (non-hydrogen) atoms. The minimum Gasteiger partial charge on any atom is -0.482 e. The molecule has 110 valence electrons. The minimum absolute atomic E-state index is 0.145. The number of nitrogens with zero attached hydrogens (tertiary/aromatic N) is 1. The van der Waals surface area contributed by atoms with Crippen LogP contribution in [-0.2, 0) is 6.54 Å². The molecule has 1 aromatic carbocycles. The second-order valence-corrected chi connectivity index (χ2v) is 5.16. The summed E-state index contributed by atoms with van der Waals surface area (Å²) in [4.78, 5) is 0.914. The molecule has 0 aliphatic heterocycles. The van der Waals surface area contributed by atoms with Gasteiger partial charge >= 0.3 is 6.18 Å². The van der Waals surface area contributed by atoms with Gasteiger partial charge in [-0.1, -0.05) is 12.1 Å². The molecule has 0 fully saturated rings. The van der Waals surface area contributed by atoms with Crippen molar-refractivity contribution in [3.63, 3.8) is 0 Å². The summed E-state index contributed by atoms with van der Waals surface area (Å²) in [7, 11) is 0. The van der Waals surface area contributed by atoms with Gasteiger partial charge < -0.3 is 10.1 Å². The normalized spacial score (nSPS) is 11.0. The van der Waals surface area contributed by atoms with Gasteiger partial charge in [0.1, 0.15) is 11.8 Å². The van der Waals surface area contributed by atoms with Gasteiger partial charge in [0.2, 0.25) is 0 Å². The highest BCUT2D eigenvalue weighted by atomic mass is 32.1. The Morgan fingerprint density at radius 2 is 2.05 bits per heavy atom. The number of benzene rings is 1. The van der Waals surface area contributed by atoms with E-state index in [1.165, 1.54) is 17.4 Å². The molecule has 0 unspecified atom stereocenters. The van der Waals surface area contributed by atoms with Crippen LogP contribution in [0.5, 0.6) is 5.75 Å². The summed E-state index contributed by atoms with van der Waals surface area (Å²) in [5.41, 5.74) is 1.05. The molecule has 0 saturated heterocycles. The minimum atomic E-state index is -4.37. The lowest BCUT2D eigenvalue weighted by Crippen LogP contribution is -2.19. The number of thiophene rings is 1. The fraction of sp³-hybridized carbons (Fsp3) is 0.214. The molecular weight excluding hydrogens is 301 g/mol. The fourth-order valence-electron chi connectivity index (χ4n) is 1.61. The third kappa shape index (κ3) is 4.68. The lowest BCUT2D eigenvalue weighted by molar-refractivity contribution is -0.153. The number of hydrogen-bond donors (Lipinski definition) is 1. The first-order chi connectivity index (χ1) is 9.98. The average molecular weight is 312 g/mol. The third-order valence-electron chi connectivity index (χ3n) is 2.51. The molecule has 0 amide bonds. The SMILES string of the molecule is N#Cc1csc(CNc2ccccc2OCC(F)(F)F)c1. The Hall–Kier alpha value is -2.20. The maximum absolute atomic E-state index is 12.2. The Morgan fingerprint density at radius 1 is 1.29 bits per heavy atom. The van der Waals surface area contributed by atoms with Gasteiger partial charge in [-0.15, -0.1) is 11.3 Å². The van der Waals surface area contributed by atoms with E-state index >= 15 is 0 Å². The lowest BCUT2D eigenvalue weighted by Gasteiger charge is -2.14. The first kappa shape index (κ1) is 15.2. The highest BCUT2D eigenvalue weighted by Gasteiger charge is 2.28. The van der Waals surface area contributed by atoms with Crippen LogP contribution in [0.3, 0.4) is 0 Å².